The van der Waals surface area contributed by atoms with Crippen molar-refractivity contribution in [3.05, 3.63) is 59.4 Å². The average molecular weight is 253 g/mol. The highest BCUT2D eigenvalue weighted by Gasteiger charge is 2.19. The minimum absolute atomic E-state index is 0.753. The maximum Gasteiger partial charge on any atom is 0.119 e. The Labute approximate surface area is 114 Å². The van der Waals surface area contributed by atoms with Crippen molar-refractivity contribution in [1.29, 1.82) is 0 Å². The van der Waals surface area contributed by atoms with E-state index in [1.165, 1.54) is 36.0 Å². The molecule has 1 heterocycles. The molecule has 0 spiro atoms. The molecule has 0 fully saturated rings. The third-order valence-corrected chi connectivity index (χ3v) is 4.02. The largest absolute Gasteiger partial charge is 0.497 e. The van der Waals surface area contributed by atoms with Gasteiger partial charge in [-0.15, -0.1) is 0 Å². The summed E-state index contributed by atoms with van der Waals surface area (Å²) in [5.41, 5.74) is 4.35. The average Bonchev–Trinajstić information content (AvgIpc) is 2.48. The number of ether oxygens (including phenoxy) is 1. The molecule has 0 unspecified atom stereocenters. The van der Waals surface area contributed by atoms with Gasteiger partial charge in [0, 0.05) is 12.4 Å². The van der Waals surface area contributed by atoms with E-state index >= 15 is 0 Å². The molecule has 98 valence electrons. The van der Waals surface area contributed by atoms with Gasteiger partial charge in [-0.05, 0) is 72.6 Å². The quantitative estimate of drug-likeness (QED) is 0.836. The number of nitrogens with zero attached hydrogens (tertiary/aromatic N) is 1. The summed E-state index contributed by atoms with van der Waals surface area (Å²) in [4.78, 5) is 4.08. The maximum atomic E-state index is 5.30. The summed E-state index contributed by atoms with van der Waals surface area (Å²) in [7, 11) is 1.73. The predicted octanol–water partition coefficient (Wildman–Crippen LogP) is 3.44. The standard InChI is InChI=1S/C17H19NO/c1-19-17-5-4-15-11-14(2-3-16(15)12-17)10-13-6-8-18-9-7-13/h4-9,12,14H,2-3,10-11H2,1H3/t14-/m1/s1. The zero-order valence-corrected chi connectivity index (χ0v) is 11.3. The Morgan fingerprint density at radius 2 is 2.00 bits per heavy atom. The lowest BCUT2D eigenvalue weighted by Crippen LogP contribution is -2.16. The first kappa shape index (κ1) is 12.2. The molecule has 1 aliphatic rings. The number of fused-ring (bicyclic) bond motifs is 1. The first-order chi connectivity index (χ1) is 9.35. The summed E-state index contributed by atoms with van der Waals surface area (Å²) in [5.74, 6) is 1.73. The normalized spacial score (nSPS) is 17.8. The molecule has 0 bridgehead atoms. The Morgan fingerprint density at radius 1 is 1.16 bits per heavy atom. The van der Waals surface area contributed by atoms with Crippen molar-refractivity contribution >= 4 is 0 Å². The lowest BCUT2D eigenvalue weighted by molar-refractivity contribution is 0.410. The fourth-order valence-electron chi connectivity index (χ4n) is 2.96. The Bertz CT molecular complexity index is 550. The van der Waals surface area contributed by atoms with Crippen LogP contribution in [0.2, 0.25) is 0 Å². The number of pyridine rings is 1. The third kappa shape index (κ3) is 2.78. The molecule has 0 saturated carbocycles. The van der Waals surface area contributed by atoms with Gasteiger partial charge in [-0.1, -0.05) is 6.07 Å². The van der Waals surface area contributed by atoms with Crippen molar-refractivity contribution < 1.29 is 4.74 Å². The van der Waals surface area contributed by atoms with Crippen LogP contribution < -0.4 is 4.74 Å². The summed E-state index contributed by atoms with van der Waals surface area (Å²) < 4.78 is 5.30. The highest BCUT2D eigenvalue weighted by atomic mass is 16.5. The first-order valence-corrected chi connectivity index (χ1v) is 6.90. The van der Waals surface area contributed by atoms with E-state index in [4.69, 9.17) is 4.74 Å². The van der Waals surface area contributed by atoms with Gasteiger partial charge in [-0.2, -0.15) is 0 Å². The van der Waals surface area contributed by atoms with Crippen LogP contribution in [-0.2, 0) is 19.3 Å². The van der Waals surface area contributed by atoms with Crippen molar-refractivity contribution in [2.45, 2.75) is 25.7 Å². The van der Waals surface area contributed by atoms with Gasteiger partial charge in [-0.3, -0.25) is 4.98 Å². The lowest BCUT2D eigenvalue weighted by Gasteiger charge is -2.25. The minimum atomic E-state index is 0.753. The number of aryl methyl sites for hydroxylation is 1. The van der Waals surface area contributed by atoms with Crippen LogP contribution in [0.1, 0.15) is 23.1 Å². The van der Waals surface area contributed by atoms with Crippen LogP contribution in [0.15, 0.2) is 42.7 Å². The summed E-state index contributed by atoms with van der Waals surface area (Å²) in [6.45, 7) is 0. The third-order valence-electron chi connectivity index (χ3n) is 4.02. The van der Waals surface area contributed by atoms with Gasteiger partial charge in [0.2, 0.25) is 0 Å². The smallest absolute Gasteiger partial charge is 0.119 e. The zero-order valence-electron chi connectivity index (χ0n) is 11.3. The van der Waals surface area contributed by atoms with Gasteiger partial charge in [0.25, 0.3) is 0 Å². The molecule has 0 amide bonds. The van der Waals surface area contributed by atoms with E-state index in [1.807, 2.05) is 12.4 Å². The second kappa shape index (κ2) is 5.43. The van der Waals surface area contributed by atoms with Gasteiger partial charge >= 0.3 is 0 Å². The molecule has 0 aliphatic heterocycles. The van der Waals surface area contributed by atoms with Crippen LogP contribution in [0.3, 0.4) is 0 Å². The molecule has 3 rings (SSSR count). The van der Waals surface area contributed by atoms with Crippen LogP contribution in [0.4, 0.5) is 0 Å². The van der Waals surface area contributed by atoms with Gasteiger partial charge < -0.3 is 4.74 Å². The Hall–Kier alpha value is -1.83. The van der Waals surface area contributed by atoms with Crippen molar-refractivity contribution in [1.82, 2.24) is 4.98 Å². The second-order valence-electron chi connectivity index (χ2n) is 5.30. The molecule has 1 aromatic carbocycles. The number of hydrogen-bond acceptors (Lipinski definition) is 2. The van der Waals surface area contributed by atoms with Crippen LogP contribution in [0.25, 0.3) is 0 Å². The van der Waals surface area contributed by atoms with Gasteiger partial charge in [0.15, 0.2) is 0 Å². The number of rotatable bonds is 3. The van der Waals surface area contributed by atoms with Crippen LogP contribution >= 0.6 is 0 Å². The summed E-state index contributed by atoms with van der Waals surface area (Å²) in [6.07, 6.45) is 8.55. The molecule has 1 aliphatic carbocycles. The molecule has 1 aromatic heterocycles. The molecule has 19 heavy (non-hydrogen) atoms. The van der Waals surface area contributed by atoms with E-state index in [9.17, 15) is 0 Å². The molecule has 1 atom stereocenters. The number of hydrogen-bond donors (Lipinski definition) is 0. The molecule has 2 aromatic rings. The van der Waals surface area contributed by atoms with E-state index in [-0.39, 0.29) is 0 Å². The highest BCUT2D eigenvalue weighted by Crippen LogP contribution is 2.30. The van der Waals surface area contributed by atoms with E-state index in [0.29, 0.717) is 0 Å². The van der Waals surface area contributed by atoms with Crippen molar-refractivity contribution in [3.63, 3.8) is 0 Å². The molecule has 2 heteroatoms. The first-order valence-electron chi connectivity index (χ1n) is 6.90. The Kier molecular flexibility index (Phi) is 3.49. The molecule has 0 N–H and O–H groups in total. The number of aromatic nitrogens is 1. The number of benzene rings is 1. The summed E-state index contributed by atoms with van der Waals surface area (Å²) in [6, 6.07) is 10.8. The fourth-order valence-corrected chi connectivity index (χ4v) is 2.96. The molecule has 0 saturated heterocycles. The lowest BCUT2D eigenvalue weighted by atomic mass is 9.81. The van der Waals surface area contributed by atoms with E-state index < -0.39 is 0 Å². The van der Waals surface area contributed by atoms with E-state index in [1.54, 1.807) is 7.11 Å². The number of methoxy groups -OCH3 is 1. The van der Waals surface area contributed by atoms with Crippen molar-refractivity contribution in [3.8, 4) is 5.75 Å². The van der Waals surface area contributed by atoms with E-state index in [0.717, 1.165) is 18.1 Å². The fraction of sp³-hybridized carbons (Fsp3) is 0.353. The topological polar surface area (TPSA) is 22.1 Å². The van der Waals surface area contributed by atoms with Crippen molar-refractivity contribution in [2.24, 2.45) is 5.92 Å². The van der Waals surface area contributed by atoms with Gasteiger partial charge in [-0.25, -0.2) is 0 Å². The van der Waals surface area contributed by atoms with E-state index in [2.05, 4.69) is 35.3 Å². The molecular weight excluding hydrogens is 234 g/mol. The SMILES string of the molecule is COc1ccc2c(c1)CC[C@H](Cc1ccncc1)C2. The molecule has 2 nitrogen and oxygen atoms in total. The monoisotopic (exact) mass is 253 g/mol. The summed E-state index contributed by atoms with van der Waals surface area (Å²) >= 11 is 0. The van der Waals surface area contributed by atoms with Crippen LogP contribution in [-0.4, -0.2) is 12.1 Å². The molecule has 0 radical (unpaired) electrons. The van der Waals surface area contributed by atoms with Gasteiger partial charge in [0.1, 0.15) is 5.75 Å². The maximum absolute atomic E-state index is 5.30. The summed E-state index contributed by atoms with van der Waals surface area (Å²) in [5, 5.41) is 0. The molecular formula is C17H19NO. The highest BCUT2D eigenvalue weighted by molar-refractivity contribution is 5.37. The van der Waals surface area contributed by atoms with Gasteiger partial charge in [0.05, 0.1) is 7.11 Å². The van der Waals surface area contributed by atoms with Crippen molar-refractivity contribution in [2.75, 3.05) is 7.11 Å². The Morgan fingerprint density at radius 3 is 2.79 bits per heavy atom. The second-order valence-corrected chi connectivity index (χ2v) is 5.30. The van der Waals surface area contributed by atoms with Crippen LogP contribution in [0.5, 0.6) is 5.75 Å². The Balaban J connectivity index is 1.72. The zero-order chi connectivity index (χ0) is 13.1. The minimum Gasteiger partial charge on any atom is -0.497 e. The predicted molar refractivity (Wildman–Crippen MR) is 76.5 cm³/mol. The van der Waals surface area contributed by atoms with Crippen LogP contribution in [0, 0.1) is 5.92 Å².